The summed E-state index contributed by atoms with van der Waals surface area (Å²) in [5, 5.41) is 7.37. The van der Waals surface area contributed by atoms with Crippen LogP contribution in [0.25, 0.3) is 0 Å². The highest BCUT2D eigenvalue weighted by Gasteiger charge is 2.24. The summed E-state index contributed by atoms with van der Waals surface area (Å²) in [5.41, 5.74) is 10.1. The molecule has 2 aromatic rings. The molecule has 0 heterocycles. The van der Waals surface area contributed by atoms with E-state index >= 15 is 0 Å². The van der Waals surface area contributed by atoms with Crippen LogP contribution < -0.4 is 16.4 Å². The van der Waals surface area contributed by atoms with E-state index in [2.05, 4.69) is 131 Å². The van der Waals surface area contributed by atoms with Gasteiger partial charge < -0.3 is 21.3 Å². The Labute approximate surface area is 239 Å². The van der Waals surface area contributed by atoms with Gasteiger partial charge in [0.15, 0.2) is 0 Å². The number of nitrogens with two attached hydrogens (primary N) is 1. The number of nitrogens with one attached hydrogen (secondary N) is 2. The number of rotatable bonds is 18. The standard InChI is InChI=1S/C35H54N4/c1-9-17-32(23-22-31(26-36)33(10-2)37-27(3)24-25-35(5,6)7)39(8)28(4)38-34(29-18-13-11-14-19-29)30-20-15-12-16-21-30/h10-16,18-21,31-34,37-38H,2-4,9,17,22-26,36H2,1,5-8H3. The highest BCUT2D eigenvalue weighted by molar-refractivity contribution is 5.32. The van der Waals surface area contributed by atoms with Crippen LogP contribution in [-0.2, 0) is 0 Å². The zero-order valence-corrected chi connectivity index (χ0v) is 25.3. The summed E-state index contributed by atoms with van der Waals surface area (Å²) in [7, 11) is 2.16. The molecule has 0 saturated heterocycles. The Hall–Kier alpha value is -2.98. The van der Waals surface area contributed by atoms with E-state index in [1.54, 1.807) is 0 Å². The lowest BCUT2D eigenvalue weighted by Crippen LogP contribution is -2.41. The second-order valence-corrected chi connectivity index (χ2v) is 12.0. The van der Waals surface area contributed by atoms with E-state index in [-0.39, 0.29) is 17.5 Å². The van der Waals surface area contributed by atoms with Gasteiger partial charge in [-0.25, -0.2) is 0 Å². The molecule has 4 N–H and O–H groups in total. The molecule has 4 heteroatoms. The smallest absolute Gasteiger partial charge is 0.0946 e. The zero-order chi connectivity index (χ0) is 28.8. The van der Waals surface area contributed by atoms with Gasteiger partial charge in [0, 0.05) is 24.8 Å². The van der Waals surface area contributed by atoms with Crippen LogP contribution >= 0.6 is 0 Å². The first-order valence-electron chi connectivity index (χ1n) is 14.6. The molecule has 0 fully saturated rings. The molecule has 4 nitrogen and oxygen atoms in total. The van der Waals surface area contributed by atoms with Crippen molar-refractivity contribution in [3.8, 4) is 0 Å². The van der Waals surface area contributed by atoms with Gasteiger partial charge >= 0.3 is 0 Å². The monoisotopic (exact) mass is 530 g/mol. The van der Waals surface area contributed by atoms with Crippen LogP contribution in [0.3, 0.4) is 0 Å². The molecule has 3 unspecified atom stereocenters. The summed E-state index contributed by atoms with van der Waals surface area (Å²) in [5.74, 6) is 1.23. The fourth-order valence-corrected chi connectivity index (χ4v) is 5.06. The summed E-state index contributed by atoms with van der Waals surface area (Å²) < 4.78 is 0. The molecule has 214 valence electrons. The van der Waals surface area contributed by atoms with E-state index in [9.17, 15) is 0 Å². The number of nitrogens with zero attached hydrogens (tertiary/aromatic N) is 1. The Bertz CT molecular complexity index is 953. The summed E-state index contributed by atoms with van der Waals surface area (Å²) in [4.78, 5) is 2.33. The first-order chi connectivity index (χ1) is 18.6. The summed E-state index contributed by atoms with van der Waals surface area (Å²) >= 11 is 0. The Kier molecular flexibility index (Phi) is 13.4. The molecule has 0 spiro atoms. The molecule has 0 radical (unpaired) electrons. The van der Waals surface area contributed by atoms with Crippen LogP contribution in [-0.4, -0.2) is 30.6 Å². The highest BCUT2D eigenvalue weighted by atomic mass is 15.2. The predicted molar refractivity (Wildman–Crippen MR) is 170 cm³/mol. The normalized spacial score (nSPS) is 13.8. The highest BCUT2D eigenvalue weighted by Crippen LogP contribution is 2.26. The van der Waals surface area contributed by atoms with Crippen molar-refractivity contribution < 1.29 is 0 Å². The molecule has 2 aromatic carbocycles. The molecule has 3 atom stereocenters. The van der Waals surface area contributed by atoms with Gasteiger partial charge in [-0.3, -0.25) is 0 Å². The van der Waals surface area contributed by atoms with E-state index < -0.39 is 0 Å². The first-order valence-corrected chi connectivity index (χ1v) is 14.6. The summed E-state index contributed by atoms with van der Waals surface area (Å²) in [6.07, 6.45) is 8.32. The van der Waals surface area contributed by atoms with Crippen molar-refractivity contribution in [3.05, 3.63) is 109 Å². The van der Waals surface area contributed by atoms with Gasteiger partial charge in [0.25, 0.3) is 0 Å². The lowest BCUT2D eigenvalue weighted by Gasteiger charge is -2.36. The van der Waals surface area contributed by atoms with E-state index in [1.807, 2.05) is 6.08 Å². The summed E-state index contributed by atoms with van der Waals surface area (Å²) in [6.45, 7) is 22.5. The minimum atomic E-state index is 0.0369. The average Bonchev–Trinajstić information content (AvgIpc) is 2.93. The lowest BCUT2D eigenvalue weighted by atomic mass is 9.88. The molecular weight excluding hydrogens is 476 g/mol. The quantitative estimate of drug-likeness (QED) is 0.172. The van der Waals surface area contributed by atoms with Crippen LogP contribution in [0, 0.1) is 11.3 Å². The summed E-state index contributed by atoms with van der Waals surface area (Å²) in [6, 6.07) is 21.7. The van der Waals surface area contributed by atoms with Crippen LogP contribution in [0.2, 0.25) is 0 Å². The number of hydrogen-bond acceptors (Lipinski definition) is 4. The fraction of sp³-hybridized carbons (Fsp3) is 0.486. The fourth-order valence-electron chi connectivity index (χ4n) is 5.06. The topological polar surface area (TPSA) is 53.3 Å². The van der Waals surface area contributed by atoms with Gasteiger partial charge in [-0.2, -0.15) is 0 Å². The van der Waals surface area contributed by atoms with Crippen molar-refractivity contribution in [2.24, 2.45) is 17.1 Å². The SMILES string of the molecule is C=CC(NC(=C)CCC(C)(C)C)C(CN)CCC(CCC)N(C)C(=C)NC(c1ccccc1)c1ccccc1. The maximum Gasteiger partial charge on any atom is 0.0946 e. The Morgan fingerprint density at radius 3 is 1.95 bits per heavy atom. The predicted octanol–water partition coefficient (Wildman–Crippen LogP) is 7.78. The van der Waals surface area contributed by atoms with Gasteiger partial charge in [-0.05, 0) is 61.1 Å². The third-order valence-corrected chi connectivity index (χ3v) is 7.65. The van der Waals surface area contributed by atoms with Gasteiger partial charge in [0.2, 0.25) is 0 Å². The molecule has 2 rings (SSSR count). The van der Waals surface area contributed by atoms with Gasteiger partial charge in [-0.15, -0.1) is 6.58 Å². The van der Waals surface area contributed by atoms with E-state index in [0.717, 1.165) is 50.0 Å². The van der Waals surface area contributed by atoms with E-state index in [4.69, 9.17) is 5.73 Å². The molecule has 0 aliphatic rings. The van der Waals surface area contributed by atoms with Gasteiger partial charge in [0.1, 0.15) is 0 Å². The van der Waals surface area contributed by atoms with Crippen LogP contribution in [0.5, 0.6) is 0 Å². The molecule has 0 aliphatic heterocycles. The van der Waals surface area contributed by atoms with Gasteiger partial charge in [-0.1, -0.05) is 114 Å². The maximum atomic E-state index is 6.30. The molecule has 0 bridgehead atoms. The van der Waals surface area contributed by atoms with Crippen molar-refractivity contribution >= 4 is 0 Å². The molecular formula is C35H54N4. The van der Waals surface area contributed by atoms with Crippen molar-refractivity contribution in [2.75, 3.05) is 13.6 Å². The van der Waals surface area contributed by atoms with Crippen LogP contribution in [0.15, 0.2) is 98.0 Å². The van der Waals surface area contributed by atoms with Crippen molar-refractivity contribution in [1.29, 1.82) is 0 Å². The maximum absolute atomic E-state index is 6.30. The Morgan fingerprint density at radius 1 is 0.923 bits per heavy atom. The Balaban J connectivity index is 2.08. The molecule has 0 amide bonds. The minimum absolute atomic E-state index is 0.0369. The zero-order valence-electron chi connectivity index (χ0n) is 25.3. The van der Waals surface area contributed by atoms with Gasteiger partial charge in [0.05, 0.1) is 11.9 Å². The second-order valence-electron chi connectivity index (χ2n) is 12.0. The lowest BCUT2D eigenvalue weighted by molar-refractivity contribution is 0.232. The number of benzene rings is 2. The third-order valence-electron chi connectivity index (χ3n) is 7.65. The Morgan fingerprint density at radius 2 is 1.49 bits per heavy atom. The van der Waals surface area contributed by atoms with Crippen molar-refractivity contribution in [2.45, 2.75) is 84.3 Å². The van der Waals surface area contributed by atoms with E-state index in [0.29, 0.717) is 18.5 Å². The van der Waals surface area contributed by atoms with Crippen LogP contribution in [0.1, 0.15) is 83.4 Å². The van der Waals surface area contributed by atoms with Crippen LogP contribution in [0.4, 0.5) is 0 Å². The number of allylic oxidation sites excluding steroid dienone is 1. The average molecular weight is 531 g/mol. The van der Waals surface area contributed by atoms with Crippen molar-refractivity contribution in [3.63, 3.8) is 0 Å². The molecule has 0 aliphatic carbocycles. The largest absolute Gasteiger partial charge is 0.382 e. The first kappa shape index (κ1) is 32.2. The molecule has 0 saturated carbocycles. The number of hydrogen-bond donors (Lipinski definition) is 3. The molecule has 0 aromatic heterocycles. The third kappa shape index (κ3) is 11.0. The van der Waals surface area contributed by atoms with Crippen molar-refractivity contribution in [1.82, 2.24) is 15.5 Å². The minimum Gasteiger partial charge on any atom is -0.382 e. The second kappa shape index (κ2) is 16.2. The van der Waals surface area contributed by atoms with E-state index in [1.165, 1.54) is 11.1 Å². The molecule has 39 heavy (non-hydrogen) atoms.